The number of ether oxygens (including phenoxy) is 1. The molecule has 5 nitrogen and oxygen atoms in total. The van der Waals surface area contributed by atoms with Crippen molar-refractivity contribution in [3.63, 3.8) is 0 Å². The third-order valence-electron chi connectivity index (χ3n) is 7.16. The third-order valence-corrected chi connectivity index (χ3v) is 7.62. The molecule has 0 fully saturated rings. The molecule has 3 aromatic carbocycles. The standard InChI is InChI=1S/C30H20BBrF2N4O/c1-39-29-22(27-25-13-7-15-37(25)31(33,34)38-16-8-14-26(27)38)17-20(32)18-23(29)30-35-24-12-6-5-11-21(24)28(36-30)19-9-3-2-4-10-19/h2-18H,1H3. The molecule has 39 heavy (non-hydrogen) atoms. The molecule has 0 amide bonds. The van der Waals surface area contributed by atoms with E-state index in [9.17, 15) is 0 Å². The molecular formula is C30H20BBrF2N4O. The summed E-state index contributed by atoms with van der Waals surface area (Å²) in [5.41, 5.74) is 5.34. The molecule has 0 unspecified atom stereocenters. The van der Waals surface area contributed by atoms with Gasteiger partial charge < -0.3 is 22.3 Å². The number of nitrogens with zero attached hydrogens (tertiary/aromatic N) is 4. The van der Waals surface area contributed by atoms with Gasteiger partial charge in [0.05, 0.1) is 29.5 Å². The number of para-hydroxylation sites is 1. The second-order valence-corrected chi connectivity index (χ2v) is 10.3. The highest BCUT2D eigenvalue weighted by molar-refractivity contribution is 9.10. The van der Waals surface area contributed by atoms with E-state index in [4.69, 9.17) is 14.7 Å². The molecule has 0 bridgehead atoms. The minimum atomic E-state index is -4.01. The van der Waals surface area contributed by atoms with Crippen molar-refractivity contribution >= 4 is 45.6 Å². The zero-order chi connectivity index (χ0) is 26.7. The summed E-state index contributed by atoms with van der Waals surface area (Å²) in [7, 11) is 1.58. The van der Waals surface area contributed by atoms with Gasteiger partial charge in [-0.1, -0.05) is 64.5 Å². The number of hydrogen-bond acceptors (Lipinski definition) is 3. The van der Waals surface area contributed by atoms with Gasteiger partial charge in [-0.05, 0) is 36.5 Å². The molecule has 0 atom stereocenters. The fraction of sp³-hybridized carbons (Fsp3) is 0.0333. The minimum absolute atomic E-state index is 0.415. The van der Waals surface area contributed by atoms with Gasteiger partial charge in [0.15, 0.2) is 11.5 Å². The van der Waals surface area contributed by atoms with Crippen LogP contribution in [0.5, 0.6) is 5.75 Å². The largest absolute Gasteiger partial charge is 0.737 e. The van der Waals surface area contributed by atoms with E-state index in [1.807, 2.05) is 66.7 Å². The lowest BCUT2D eigenvalue weighted by atomic mass is 9.86. The number of aromatic nitrogens is 3. The van der Waals surface area contributed by atoms with Gasteiger partial charge in [0.2, 0.25) is 0 Å². The second kappa shape index (κ2) is 8.85. The number of rotatable bonds is 4. The average molecular weight is 581 g/mol. The van der Waals surface area contributed by atoms with E-state index in [1.165, 1.54) is 12.4 Å². The molecule has 5 aromatic rings. The Morgan fingerprint density at radius 1 is 0.923 bits per heavy atom. The molecule has 9 heteroatoms. The SMILES string of the molecule is COc1c(C2=C3C=CC=[N+]3[B-](F)(F)n3cccc32)cc(Br)cc1-c1nc(-c2ccccc2)c2ccccc2n1. The monoisotopic (exact) mass is 580 g/mol. The highest BCUT2D eigenvalue weighted by Crippen LogP contribution is 2.45. The van der Waals surface area contributed by atoms with Crippen LogP contribution in [0.3, 0.4) is 0 Å². The Kier molecular flexibility index (Phi) is 5.38. The molecule has 0 saturated carbocycles. The van der Waals surface area contributed by atoms with Crippen LogP contribution in [-0.2, 0) is 0 Å². The zero-order valence-electron chi connectivity index (χ0n) is 20.7. The van der Waals surface area contributed by atoms with Gasteiger partial charge in [0.25, 0.3) is 0 Å². The predicted octanol–water partition coefficient (Wildman–Crippen LogP) is 7.19. The first-order valence-electron chi connectivity index (χ1n) is 12.4. The molecule has 0 radical (unpaired) electrons. The topological polar surface area (TPSA) is 43.0 Å². The van der Waals surface area contributed by atoms with Crippen molar-refractivity contribution in [3.05, 3.63) is 119 Å². The fourth-order valence-electron chi connectivity index (χ4n) is 5.47. The summed E-state index contributed by atoms with van der Waals surface area (Å²) in [6.45, 7) is -4.01. The van der Waals surface area contributed by atoms with E-state index >= 15 is 8.63 Å². The predicted molar refractivity (Wildman–Crippen MR) is 154 cm³/mol. The summed E-state index contributed by atoms with van der Waals surface area (Å²) in [5.74, 6) is 0.976. The Bertz CT molecular complexity index is 1900. The van der Waals surface area contributed by atoms with Crippen LogP contribution in [0, 0.1) is 0 Å². The smallest absolute Gasteiger partial charge is 0.495 e. The van der Waals surface area contributed by atoms with Crippen molar-refractivity contribution in [3.8, 4) is 28.4 Å². The molecule has 0 N–H and O–H groups in total. The maximum atomic E-state index is 15.4. The van der Waals surface area contributed by atoms with E-state index in [0.29, 0.717) is 39.7 Å². The molecule has 190 valence electrons. The maximum absolute atomic E-state index is 15.4. The Hall–Kier alpha value is -4.37. The summed E-state index contributed by atoms with van der Waals surface area (Å²) < 4.78 is 39.7. The van der Waals surface area contributed by atoms with Crippen LogP contribution in [0.2, 0.25) is 0 Å². The average Bonchev–Trinajstić information content (AvgIpc) is 3.65. The van der Waals surface area contributed by atoms with Crippen molar-refractivity contribution in [2.75, 3.05) is 7.11 Å². The highest BCUT2D eigenvalue weighted by atomic mass is 79.9. The van der Waals surface area contributed by atoms with Gasteiger partial charge in [0, 0.05) is 38.8 Å². The molecule has 2 aliphatic heterocycles. The minimum Gasteiger partial charge on any atom is -0.495 e. The summed E-state index contributed by atoms with van der Waals surface area (Å²) in [6.07, 6.45) is 6.19. The van der Waals surface area contributed by atoms with Gasteiger partial charge in [-0.2, -0.15) is 0 Å². The Labute approximate surface area is 231 Å². The third kappa shape index (κ3) is 3.60. The summed E-state index contributed by atoms with van der Waals surface area (Å²) >= 11 is 3.66. The molecule has 0 saturated heterocycles. The number of benzene rings is 3. The van der Waals surface area contributed by atoms with Crippen molar-refractivity contribution < 1.29 is 17.9 Å². The van der Waals surface area contributed by atoms with Crippen LogP contribution in [0.1, 0.15) is 11.3 Å². The lowest BCUT2D eigenvalue weighted by Crippen LogP contribution is -2.49. The Balaban J connectivity index is 1.52. The molecule has 4 heterocycles. The zero-order valence-corrected chi connectivity index (χ0v) is 22.3. The van der Waals surface area contributed by atoms with Gasteiger partial charge in [-0.3, -0.25) is 0 Å². The second-order valence-electron chi connectivity index (χ2n) is 9.38. The van der Waals surface area contributed by atoms with Crippen LogP contribution in [0.4, 0.5) is 8.63 Å². The van der Waals surface area contributed by atoms with Crippen LogP contribution in [0.15, 0.2) is 107 Å². The van der Waals surface area contributed by atoms with Crippen molar-refractivity contribution in [1.82, 2.24) is 14.4 Å². The van der Waals surface area contributed by atoms with Crippen LogP contribution in [0.25, 0.3) is 39.1 Å². The van der Waals surface area contributed by atoms with Crippen molar-refractivity contribution in [2.24, 2.45) is 0 Å². The van der Waals surface area contributed by atoms with Gasteiger partial charge in [-0.25, -0.2) is 9.97 Å². The van der Waals surface area contributed by atoms with Crippen molar-refractivity contribution in [1.29, 1.82) is 0 Å². The highest BCUT2D eigenvalue weighted by Gasteiger charge is 2.51. The molecule has 2 aromatic heterocycles. The number of hydrogen-bond donors (Lipinski definition) is 0. The van der Waals surface area contributed by atoms with Crippen LogP contribution in [-0.4, -0.2) is 39.2 Å². The van der Waals surface area contributed by atoms with E-state index < -0.39 is 6.97 Å². The van der Waals surface area contributed by atoms with Crippen LogP contribution < -0.4 is 4.74 Å². The lowest BCUT2D eigenvalue weighted by molar-refractivity contribution is -0.356. The van der Waals surface area contributed by atoms with Gasteiger partial charge >= 0.3 is 6.97 Å². The molecule has 7 rings (SSSR count). The molecule has 2 aliphatic rings. The molecular weight excluding hydrogens is 561 g/mol. The number of methoxy groups -OCH3 is 1. The van der Waals surface area contributed by atoms with Crippen molar-refractivity contribution in [2.45, 2.75) is 0 Å². The van der Waals surface area contributed by atoms with Gasteiger partial charge in [-0.15, -0.1) is 0 Å². The first-order chi connectivity index (χ1) is 19.0. The first-order valence-corrected chi connectivity index (χ1v) is 13.2. The maximum Gasteiger partial charge on any atom is 0.737 e. The summed E-state index contributed by atoms with van der Waals surface area (Å²) in [6, 6.07) is 25.0. The van der Waals surface area contributed by atoms with E-state index in [2.05, 4.69) is 15.9 Å². The first kappa shape index (κ1) is 23.7. The summed E-state index contributed by atoms with van der Waals surface area (Å²) in [5, 5.41) is 0.934. The molecule has 0 spiro atoms. The van der Waals surface area contributed by atoms with Gasteiger partial charge in [0.1, 0.15) is 12.0 Å². The number of fused-ring (bicyclic) bond motifs is 3. The fourth-order valence-corrected chi connectivity index (χ4v) is 5.93. The number of halogens is 3. The Morgan fingerprint density at radius 3 is 2.51 bits per heavy atom. The summed E-state index contributed by atoms with van der Waals surface area (Å²) in [4.78, 5) is 9.93. The number of allylic oxidation sites excluding steroid dienone is 2. The molecule has 0 aliphatic carbocycles. The quantitative estimate of drug-likeness (QED) is 0.211. The Morgan fingerprint density at radius 2 is 1.69 bits per heavy atom. The normalized spacial score (nSPS) is 15.3. The van der Waals surface area contributed by atoms with E-state index in [1.54, 1.807) is 31.4 Å². The van der Waals surface area contributed by atoms with E-state index in [-0.39, 0.29) is 0 Å². The van der Waals surface area contributed by atoms with E-state index in [0.717, 1.165) is 35.6 Å². The lowest BCUT2D eigenvalue weighted by Gasteiger charge is -2.31. The van der Waals surface area contributed by atoms with Crippen LogP contribution >= 0.6 is 15.9 Å².